The van der Waals surface area contributed by atoms with Gasteiger partial charge in [-0.2, -0.15) is 0 Å². The smallest absolute Gasteiger partial charge is 0.254 e. The zero-order valence-electron chi connectivity index (χ0n) is 15.7. The maximum atomic E-state index is 12.9. The number of rotatable bonds is 3. The van der Waals surface area contributed by atoms with Crippen LogP contribution in [0.2, 0.25) is 0 Å². The van der Waals surface area contributed by atoms with Crippen molar-refractivity contribution in [3.05, 3.63) is 34.9 Å². The largest absolute Gasteiger partial charge is 0.344 e. The van der Waals surface area contributed by atoms with E-state index in [2.05, 4.69) is 25.2 Å². The molecule has 1 unspecified atom stereocenters. The van der Waals surface area contributed by atoms with Crippen molar-refractivity contribution in [2.45, 2.75) is 45.6 Å². The van der Waals surface area contributed by atoms with Crippen LogP contribution in [0.3, 0.4) is 0 Å². The first-order valence-corrected chi connectivity index (χ1v) is 9.35. The van der Waals surface area contributed by atoms with E-state index in [1.807, 2.05) is 24.0 Å². The summed E-state index contributed by atoms with van der Waals surface area (Å²) in [6.45, 7) is 8.27. The molecule has 6 nitrogen and oxygen atoms in total. The number of nitrogens with one attached hydrogen (secondary N) is 1. The van der Waals surface area contributed by atoms with Crippen molar-refractivity contribution in [2.24, 2.45) is 0 Å². The van der Waals surface area contributed by atoms with E-state index in [1.54, 1.807) is 4.90 Å². The molecule has 26 heavy (non-hydrogen) atoms. The summed E-state index contributed by atoms with van der Waals surface area (Å²) in [6.07, 6.45) is 0.984. The maximum absolute atomic E-state index is 12.9. The van der Waals surface area contributed by atoms with Gasteiger partial charge in [-0.1, -0.05) is 26.0 Å². The molecule has 0 spiro atoms. The quantitative estimate of drug-likeness (QED) is 0.895. The second-order valence-corrected chi connectivity index (χ2v) is 7.51. The van der Waals surface area contributed by atoms with Gasteiger partial charge in [0.15, 0.2) is 0 Å². The van der Waals surface area contributed by atoms with Gasteiger partial charge in [0.2, 0.25) is 11.8 Å². The highest BCUT2D eigenvalue weighted by Crippen LogP contribution is 2.21. The number of amides is 3. The minimum absolute atomic E-state index is 0.0269. The summed E-state index contributed by atoms with van der Waals surface area (Å²) in [6, 6.07) is 5.68. The fourth-order valence-electron chi connectivity index (χ4n) is 3.55. The molecule has 0 saturated carbocycles. The average molecular weight is 357 g/mol. The Hall–Kier alpha value is -2.37. The van der Waals surface area contributed by atoms with Crippen LogP contribution < -0.4 is 5.32 Å². The minimum Gasteiger partial charge on any atom is -0.344 e. The molecule has 140 valence electrons. The zero-order valence-corrected chi connectivity index (χ0v) is 15.7. The van der Waals surface area contributed by atoms with Gasteiger partial charge in [-0.15, -0.1) is 0 Å². The molecule has 1 N–H and O–H groups in total. The van der Waals surface area contributed by atoms with E-state index in [9.17, 15) is 14.4 Å². The third kappa shape index (κ3) is 3.74. The van der Waals surface area contributed by atoms with Crippen molar-refractivity contribution in [2.75, 3.05) is 26.2 Å². The highest BCUT2D eigenvalue weighted by atomic mass is 16.2. The van der Waals surface area contributed by atoms with Gasteiger partial charge in [-0.25, -0.2) is 0 Å². The molecule has 0 aromatic heterocycles. The first kappa shape index (κ1) is 18.4. The lowest BCUT2D eigenvalue weighted by Gasteiger charge is -2.36. The lowest BCUT2D eigenvalue weighted by atomic mass is 9.97. The normalized spacial score (nSPS) is 20.5. The van der Waals surface area contributed by atoms with Crippen molar-refractivity contribution in [1.82, 2.24) is 15.1 Å². The summed E-state index contributed by atoms with van der Waals surface area (Å²) in [5.41, 5.74) is 2.88. The van der Waals surface area contributed by atoms with E-state index in [4.69, 9.17) is 0 Å². The van der Waals surface area contributed by atoms with E-state index in [0.29, 0.717) is 44.9 Å². The summed E-state index contributed by atoms with van der Waals surface area (Å²) < 4.78 is 0. The van der Waals surface area contributed by atoms with Crippen molar-refractivity contribution in [3.8, 4) is 0 Å². The monoisotopic (exact) mass is 357 g/mol. The first-order chi connectivity index (χ1) is 12.4. The highest BCUT2D eigenvalue weighted by molar-refractivity contribution is 5.96. The van der Waals surface area contributed by atoms with Crippen molar-refractivity contribution >= 4 is 17.7 Å². The average Bonchev–Trinajstić information content (AvgIpc) is 3.07. The number of nitrogens with zero attached hydrogens (tertiary/aromatic N) is 2. The number of carbonyl (C=O) groups excluding carboxylic acids is 3. The molecule has 2 aliphatic heterocycles. The summed E-state index contributed by atoms with van der Waals surface area (Å²) in [5.74, 6) is 0.322. The number of hydrogen-bond donors (Lipinski definition) is 1. The molecule has 2 heterocycles. The molecular weight excluding hydrogens is 330 g/mol. The Kier molecular flexibility index (Phi) is 5.30. The second-order valence-electron chi connectivity index (χ2n) is 7.51. The van der Waals surface area contributed by atoms with Crippen molar-refractivity contribution in [3.63, 3.8) is 0 Å². The Morgan fingerprint density at radius 3 is 2.35 bits per heavy atom. The van der Waals surface area contributed by atoms with E-state index < -0.39 is 6.04 Å². The molecule has 2 aliphatic rings. The fraction of sp³-hybridized carbons (Fsp3) is 0.550. The third-order valence-corrected chi connectivity index (χ3v) is 5.33. The summed E-state index contributed by atoms with van der Waals surface area (Å²) in [5, 5.41) is 2.72. The minimum atomic E-state index is -0.394. The lowest BCUT2D eigenvalue weighted by molar-refractivity contribution is -0.135. The SMILES string of the molecule is Cc1ccc(C(C)C)cc1C(=O)N1CCN(C(=O)C2CCC(=O)N2)CC1. The van der Waals surface area contributed by atoms with Gasteiger partial charge in [0.1, 0.15) is 6.04 Å². The molecule has 2 fully saturated rings. The van der Waals surface area contributed by atoms with Gasteiger partial charge in [0.25, 0.3) is 5.91 Å². The molecule has 1 atom stereocenters. The zero-order chi connectivity index (χ0) is 18.8. The van der Waals surface area contributed by atoms with Gasteiger partial charge in [0.05, 0.1) is 0 Å². The molecule has 1 aromatic carbocycles. The molecule has 0 aliphatic carbocycles. The van der Waals surface area contributed by atoms with Crippen molar-refractivity contribution in [1.29, 1.82) is 0 Å². The van der Waals surface area contributed by atoms with Crippen LogP contribution in [0.4, 0.5) is 0 Å². The molecule has 3 amide bonds. The van der Waals surface area contributed by atoms with Gasteiger partial charge in [0, 0.05) is 38.2 Å². The van der Waals surface area contributed by atoms with Crippen LogP contribution in [0.5, 0.6) is 0 Å². The van der Waals surface area contributed by atoms with Crippen LogP contribution in [0.25, 0.3) is 0 Å². The lowest BCUT2D eigenvalue weighted by Crippen LogP contribution is -2.54. The van der Waals surface area contributed by atoms with Gasteiger partial charge in [-0.05, 0) is 36.5 Å². The van der Waals surface area contributed by atoms with Gasteiger partial charge >= 0.3 is 0 Å². The molecule has 0 radical (unpaired) electrons. The Balaban J connectivity index is 1.63. The molecule has 2 saturated heterocycles. The molecule has 3 rings (SSSR count). The van der Waals surface area contributed by atoms with Crippen molar-refractivity contribution < 1.29 is 14.4 Å². The summed E-state index contributed by atoms with van der Waals surface area (Å²) in [4.78, 5) is 40.3. The van der Waals surface area contributed by atoms with Crippen LogP contribution in [-0.2, 0) is 9.59 Å². The highest BCUT2D eigenvalue weighted by Gasteiger charge is 2.33. The third-order valence-electron chi connectivity index (χ3n) is 5.33. The summed E-state index contributed by atoms with van der Waals surface area (Å²) >= 11 is 0. The van der Waals surface area contributed by atoms with E-state index >= 15 is 0 Å². The second kappa shape index (κ2) is 7.48. The van der Waals surface area contributed by atoms with Gasteiger partial charge < -0.3 is 15.1 Å². The molecule has 1 aromatic rings. The van der Waals surface area contributed by atoms with E-state index in [1.165, 1.54) is 0 Å². The number of aryl methyl sites for hydroxylation is 1. The number of piperazine rings is 1. The fourth-order valence-corrected chi connectivity index (χ4v) is 3.55. The predicted molar refractivity (Wildman–Crippen MR) is 98.9 cm³/mol. The number of benzene rings is 1. The predicted octanol–water partition coefficient (Wildman–Crippen LogP) is 1.68. The van der Waals surface area contributed by atoms with E-state index in [-0.39, 0.29) is 17.7 Å². The van der Waals surface area contributed by atoms with Crippen LogP contribution in [0.1, 0.15) is 54.1 Å². The first-order valence-electron chi connectivity index (χ1n) is 9.35. The van der Waals surface area contributed by atoms with Crippen LogP contribution in [0, 0.1) is 6.92 Å². The molecule has 6 heteroatoms. The maximum Gasteiger partial charge on any atom is 0.254 e. The Morgan fingerprint density at radius 1 is 1.12 bits per heavy atom. The molecular formula is C20H27N3O3. The van der Waals surface area contributed by atoms with E-state index in [0.717, 1.165) is 16.7 Å². The number of carbonyl (C=O) groups is 3. The molecule has 0 bridgehead atoms. The van der Waals surface area contributed by atoms with Crippen LogP contribution in [0.15, 0.2) is 18.2 Å². The topological polar surface area (TPSA) is 69.7 Å². The summed E-state index contributed by atoms with van der Waals surface area (Å²) in [7, 11) is 0. The Bertz CT molecular complexity index is 721. The van der Waals surface area contributed by atoms with Crippen LogP contribution in [-0.4, -0.2) is 59.7 Å². The van der Waals surface area contributed by atoms with Crippen LogP contribution >= 0.6 is 0 Å². The Labute approximate surface area is 154 Å². The standard InChI is InChI=1S/C20H27N3O3/c1-13(2)15-5-4-14(3)16(12-15)19(25)22-8-10-23(11-9-22)20(26)17-6-7-18(24)21-17/h4-5,12-13,17H,6-11H2,1-3H3,(H,21,24). The Morgan fingerprint density at radius 2 is 1.77 bits per heavy atom. The number of hydrogen-bond acceptors (Lipinski definition) is 3. The van der Waals surface area contributed by atoms with Gasteiger partial charge in [-0.3, -0.25) is 14.4 Å².